The van der Waals surface area contributed by atoms with Crippen LogP contribution in [0.2, 0.25) is 0 Å². The minimum atomic E-state index is 0.539. The summed E-state index contributed by atoms with van der Waals surface area (Å²) >= 11 is 0. The van der Waals surface area contributed by atoms with Crippen molar-refractivity contribution in [1.29, 1.82) is 0 Å². The van der Waals surface area contributed by atoms with Crippen molar-refractivity contribution in [1.82, 2.24) is 14.5 Å². The van der Waals surface area contributed by atoms with Gasteiger partial charge in [-0.25, -0.2) is 9.55 Å². The van der Waals surface area contributed by atoms with E-state index in [1.165, 1.54) is 11.1 Å². The molecule has 0 saturated heterocycles. The number of para-hydroxylation sites is 4. The molecule has 0 spiro atoms. The average molecular weight is 339 g/mol. The molecule has 3 aromatic carbocycles. The maximum absolute atomic E-state index is 6.07. The smallest absolute Gasteiger partial charge is 0.309 e. The van der Waals surface area contributed by atoms with Gasteiger partial charge in [0.05, 0.1) is 11.0 Å². The van der Waals surface area contributed by atoms with E-state index >= 15 is 0 Å². The van der Waals surface area contributed by atoms with Crippen LogP contribution < -0.4 is 0 Å². The van der Waals surface area contributed by atoms with Crippen molar-refractivity contribution in [3.05, 3.63) is 77.9 Å². The lowest BCUT2D eigenvalue weighted by atomic mass is 10.0. The Balaban J connectivity index is 1.89. The highest BCUT2D eigenvalue weighted by Crippen LogP contribution is 2.33. The monoisotopic (exact) mass is 339 g/mol. The molecule has 26 heavy (non-hydrogen) atoms. The van der Waals surface area contributed by atoms with Crippen molar-refractivity contribution in [2.75, 3.05) is 0 Å². The van der Waals surface area contributed by atoms with E-state index < -0.39 is 0 Å². The van der Waals surface area contributed by atoms with E-state index in [1.807, 2.05) is 53.1 Å². The maximum atomic E-state index is 6.07. The molecule has 2 heterocycles. The van der Waals surface area contributed by atoms with Crippen molar-refractivity contribution >= 4 is 22.1 Å². The summed E-state index contributed by atoms with van der Waals surface area (Å²) in [6, 6.07) is 22.7. The first-order valence-electron chi connectivity index (χ1n) is 8.62. The molecule has 126 valence electrons. The van der Waals surface area contributed by atoms with Crippen LogP contribution in [0.25, 0.3) is 39.5 Å². The number of nitrogens with zero attached hydrogens (tertiary/aromatic N) is 3. The molecule has 0 bridgehead atoms. The summed E-state index contributed by atoms with van der Waals surface area (Å²) in [5, 5.41) is 0. The molecular formula is C22H17N3O. The Morgan fingerprint density at radius 1 is 0.731 bits per heavy atom. The van der Waals surface area contributed by atoms with Gasteiger partial charge >= 0.3 is 6.01 Å². The fourth-order valence-electron chi connectivity index (χ4n) is 3.51. The van der Waals surface area contributed by atoms with Gasteiger partial charge in [0.2, 0.25) is 0 Å². The highest BCUT2D eigenvalue weighted by molar-refractivity contribution is 5.84. The number of aryl methyl sites for hydroxylation is 2. The number of hydrogen-bond donors (Lipinski definition) is 0. The van der Waals surface area contributed by atoms with Crippen LogP contribution >= 0.6 is 0 Å². The van der Waals surface area contributed by atoms with Crippen LogP contribution in [0.5, 0.6) is 0 Å². The fourth-order valence-corrected chi connectivity index (χ4v) is 3.51. The minimum Gasteiger partial charge on any atom is -0.423 e. The Morgan fingerprint density at radius 2 is 1.42 bits per heavy atom. The Morgan fingerprint density at radius 3 is 2.19 bits per heavy atom. The van der Waals surface area contributed by atoms with Crippen LogP contribution in [0.3, 0.4) is 0 Å². The number of fused-ring (bicyclic) bond motifs is 2. The molecule has 4 heteroatoms. The molecular weight excluding hydrogens is 322 g/mol. The van der Waals surface area contributed by atoms with E-state index in [2.05, 4.69) is 32.0 Å². The van der Waals surface area contributed by atoms with Gasteiger partial charge in [0.1, 0.15) is 11.3 Å². The van der Waals surface area contributed by atoms with Crippen LogP contribution in [-0.4, -0.2) is 14.5 Å². The molecule has 5 aromatic rings. The van der Waals surface area contributed by atoms with Gasteiger partial charge in [-0.05, 0) is 49.2 Å². The third-order valence-corrected chi connectivity index (χ3v) is 4.74. The van der Waals surface area contributed by atoms with Gasteiger partial charge in [-0.1, -0.05) is 42.5 Å². The number of benzene rings is 3. The van der Waals surface area contributed by atoms with Crippen LogP contribution in [-0.2, 0) is 0 Å². The predicted molar refractivity (Wildman–Crippen MR) is 104 cm³/mol. The van der Waals surface area contributed by atoms with Gasteiger partial charge in [-0.2, -0.15) is 4.98 Å². The Hall–Kier alpha value is -3.40. The molecule has 0 N–H and O–H groups in total. The van der Waals surface area contributed by atoms with E-state index in [4.69, 9.17) is 14.4 Å². The second-order valence-corrected chi connectivity index (χ2v) is 6.49. The molecule has 0 fully saturated rings. The van der Waals surface area contributed by atoms with Gasteiger partial charge < -0.3 is 4.42 Å². The first-order chi connectivity index (χ1) is 12.7. The third-order valence-electron chi connectivity index (χ3n) is 4.74. The van der Waals surface area contributed by atoms with E-state index in [0.29, 0.717) is 6.01 Å². The maximum Gasteiger partial charge on any atom is 0.309 e. The molecule has 0 atom stereocenters. The normalized spacial score (nSPS) is 11.5. The highest BCUT2D eigenvalue weighted by Gasteiger charge is 2.20. The van der Waals surface area contributed by atoms with Crippen molar-refractivity contribution in [3.63, 3.8) is 0 Å². The van der Waals surface area contributed by atoms with E-state index in [-0.39, 0.29) is 0 Å². The van der Waals surface area contributed by atoms with Crippen LogP contribution in [0.15, 0.2) is 71.1 Å². The molecule has 0 aliphatic heterocycles. The number of rotatable bonds is 2. The van der Waals surface area contributed by atoms with Crippen molar-refractivity contribution in [2.45, 2.75) is 13.8 Å². The zero-order valence-electron chi connectivity index (χ0n) is 14.6. The summed E-state index contributed by atoms with van der Waals surface area (Å²) in [5.74, 6) is 0.855. The first kappa shape index (κ1) is 14.9. The predicted octanol–water partition coefficient (Wildman–Crippen LogP) is 5.45. The SMILES string of the molecule is Cc1cccc(C)c1-c1nc2ccccc2n1-c1nc2ccccc2o1. The third kappa shape index (κ3) is 2.15. The summed E-state index contributed by atoms with van der Waals surface area (Å²) in [6.45, 7) is 4.22. The molecule has 0 aliphatic carbocycles. The van der Waals surface area contributed by atoms with Crippen LogP contribution in [0.1, 0.15) is 11.1 Å². The fraction of sp³-hybridized carbons (Fsp3) is 0.0909. The average Bonchev–Trinajstić information content (AvgIpc) is 3.22. The molecule has 0 saturated carbocycles. The first-order valence-corrected chi connectivity index (χ1v) is 8.62. The summed E-state index contributed by atoms with van der Waals surface area (Å²) in [7, 11) is 0. The second kappa shape index (κ2) is 5.56. The summed E-state index contributed by atoms with van der Waals surface area (Å²) in [5.41, 5.74) is 6.99. The quantitative estimate of drug-likeness (QED) is 0.429. The summed E-state index contributed by atoms with van der Waals surface area (Å²) < 4.78 is 8.09. The Labute approximate surface area is 150 Å². The lowest BCUT2D eigenvalue weighted by molar-refractivity contribution is 0.570. The number of aromatic nitrogens is 3. The number of hydrogen-bond acceptors (Lipinski definition) is 3. The lowest BCUT2D eigenvalue weighted by Gasteiger charge is -2.10. The van der Waals surface area contributed by atoms with Crippen molar-refractivity contribution < 1.29 is 4.42 Å². The lowest BCUT2D eigenvalue weighted by Crippen LogP contribution is -2.00. The largest absolute Gasteiger partial charge is 0.423 e. The molecule has 0 radical (unpaired) electrons. The van der Waals surface area contributed by atoms with Gasteiger partial charge in [-0.3, -0.25) is 0 Å². The standard InChI is InChI=1S/C22H17N3O/c1-14-8-7-9-15(2)20(14)21-23-16-10-3-5-12-18(16)25(21)22-24-17-11-4-6-13-19(17)26-22/h3-13H,1-2H3. The molecule has 0 amide bonds. The van der Waals surface area contributed by atoms with Gasteiger partial charge in [0.25, 0.3) is 0 Å². The molecule has 5 rings (SSSR count). The van der Waals surface area contributed by atoms with Crippen LogP contribution in [0.4, 0.5) is 0 Å². The second-order valence-electron chi connectivity index (χ2n) is 6.49. The van der Waals surface area contributed by atoms with Crippen molar-refractivity contribution in [3.8, 4) is 17.4 Å². The molecule has 0 aliphatic rings. The number of oxazole rings is 1. The van der Waals surface area contributed by atoms with Gasteiger partial charge in [0.15, 0.2) is 5.58 Å². The molecule has 0 unspecified atom stereocenters. The minimum absolute atomic E-state index is 0.539. The molecule has 4 nitrogen and oxygen atoms in total. The van der Waals surface area contributed by atoms with E-state index in [0.717, 1.165) is 33.5 Å². The van der Waals surface area contributed by atoms with Crippen molar-refractivity contribution in [2.24, 2.45) is 0 Å². The Kier molecular flexibility index (Phi) is 3.19. The zero-order valence-corrected chi connectivity index (χ0v) is 14.6. The topological polar surface area (TPSA) is 43.9 Å². The number of imidazole rings is 1. The van der Waals surface area contributed by atoms with Crippen LogP contribution in [0, 0.1) is 13.8 Å². The van der Waals surface area contributed by atoms with Gasteiger partial charge in [-0.15, -0.1) is 0 Å². The Bertz CT molecular complexity index is 1210. The van der Waals surface area contributed by atoms with E-state index in [1.54, 1.807) is 0 Å². The van der Waals surface area contributed by atoms with E-state index in [9.17, 15) is 0 Å². The zero-order chi connectivity index (χ0) is 17.7. The molecule has 2 aromatic heterocycles. The summed E-state index contributed by atoms with van der Waals surface area (Å²) in [4.78, 5) is 9.62. The highest BCUT2D eigenvalue weighted by atomic mass is 16.4. The van der Waals surface area contributed by atoms with Gasteiger partial charge in [0, 0.05) is 5.56 Å². The summed E-state index contributed by atoms with van der Waals surface area (Å²) in [6.07, 6.45) is 0.